The van der Waals surface area contributed by atoms with Gasteiger partial charge in [-0.25, -0.2) is 4.79 Å². The highest BCUT2D eigenvalue weighted by molar-refractivity contribution is 6.04. The SMILES string of the molecule is CCCCC(=O)N(Cc1ccc(-c2cc(-c3ccccc3)ccc2C(N)=NO)cc1)C1(C(=O)O)CCCCC1. The van der Waals surface area contributed by atoms with Crippen LogP contribution >= 0.6 is 0 Å². The number of amides is 1. The van der Waals surface area contributed by atoms with Gasteiger partial charge in [0, 0.05) is 18.5 Å². The van der Waals surface area contributed by atoms with E-state index in [1.54, 1.807) is 4.90 Å². The molecule has 204 valence electrons. The van der Waals surface area contributed by atoms with E-state index in [0.29, 0.717) is 24.8 Å². The predicted molar refractivity (Wildman–Crippen MR) is 153 cm³/mol. The van der Waals surface area contributed by atoms with Crippen LogP contribution < -0.4 is 5.73 Å². The maximum atomic E-state index is 13.3. The number of unbranched alkanes of at least 4 members (excludes halogenated alkanes) is 1. The first kappa shape index (κ1) is 27.9. The summed E-state index contributed by atoms with van der Waals surface area (Å²) in [4.78, 5) is 27.5. The van der Waals surface area contributed by atoms with Gasteiger partial charge in [-0.2, -0.15) is 0 Å². The monoisotopic (exact) mass is 527 g/mol. The van der Waals surface area contributed by atoms with Gasteiger partial charge in [-0.1, -0.05) is 98.4 Å². The lowest BCUT2D eigenvalue weighted by atomic mass is 9.79. The van der Waals surface area contributed by atoms with Crippen LogP contribution in [0.25, 0.3) is 22.3 Å². The highest BCUT2D eigenvalue weighted by Gasteiger charge is 2.46. The van der Waals surface area contributed by atoms with Crippen molar-refractivity contribution in [2.24, 2.45) is 10.9 Å². The summed E-state index contributed by atoms with van der Waals surface area (Å²) in [5, 5.41) is 22.9. The van der Waals surface area contributed by atoms with Crippen LogP contribution in [0.3, 0.4) is 0 Å². The summed E-state index contributed by atoms with van der Waals surface area (Å²) in [7, 11) is 0. The Morgan fingerprint density at radius 2 is 1.59 bits per heavy atom. The molecule has 0 heterocycles. The largest absolute Gasteiger partial charge is 0.479 e. The molecule has 0 bridgehead atoms. The zero-order valence-corrected chi connectivity index (χ0v) is 22.5. The van der Waals surface area contributed by atoms with Gasteiger partial charge in [0.1, 0.15) is 5.54 Å². The fourth-order valence-electron chi connectivity index (χ4n) is 5.52. The number of carboxylic acid groups (broad SMARTS) is 1. The van der Waals surface area contributed by atoms with Crippen LogP contribution in [-0.2, 0) is 16.1 Å². The third-order valence-corrected chi connectivity index (χ3v) is 7.76. The summed E-state index contributed by atoms with van der Waals surface area (Å²) in [5.41, 5.74) is 10.0. The highest BCUT2D eigenvalue weighted by atomic mass is 16.4. The van der Waals surface area contributed by atoms with Gasteiger partial charge in [-0.05, 0) is 59.2 Å². The molecule has 3 aromatic carbocycles. The molecule has 4 rings (SSSR count). The van der Waals surface area contributed by atoms with Crippen molar-refractivity contribution in [3.05, 3.63) is 83.9 Å². The highest BCUT2D eigenvalue weighted by Crippen LogP contribution is 2.36. The lowest BCUT2D eigenvalue weighted by molar-refractivity contribution is -0.163. The van der Waals surface area contributed by atoms with Crippen molar-refractivity contribution >= 4 is 17.7 Å². The number of benzene rings is 3. The Bertz CT molecular complexity index is 1310. The normalized spacial score (nSPS) is 15.1. The van der Waals surface area contributed by atoms with E-state index in [2.05, 4.69) is 5.16 Å². The van der Waals surface area contributed by atoms with Crippen LogP contribution in [0.4, 0.5) is 0 Å². The third-order valence-electron chi connectivity index (χ3n) is 7.76. The van der Waals surface area contributed by atoms with E-state index in [9.17, 15) is 19.9 Å². The van der Waals surface area contributed by atoms with E-state index < -0.39 is 11.5 Å². The summed E-state index contributed by atoms with van der Waals surface area (Å²) < 4.78 is 0. The minimum absolute atomic E-state index is 0.0158. The van der Waals surface area contributed by atoms with E-state index >= 15 is 0 Å². The molecule has 0 aliphatic heterocycles. The van der Waals surface area contributed by atoms with Crippen molar-refractivity contribution in [3.63, 3.8) is 0 Å². The first-order chi connectivity index (χ1) is 18.9. The van der Waals surface area contributed by atoms with Crippen molar-refractivity contribution in [3.8, 4) is 22.3 Å². The number of rotatable bonds is 10. The molecule has 1 aliphatic rings. The van der Waals surface area contributed by atoms with E-state index in [0.717, 1.165) is 59.9 Å². The summed E-state index contributed by atoms with van der Waals surface area (Å²) in [6.07, 6.45) is 5.51. The fourth-order valence-corrected chi connectivity index (χ4v) is 5.52. The van der Waals surface area contributed by atoms with E-state index in [-0.39, 0.29) is 18.3 Å². The van der Waals surface area contributed by atoms with Crippen molar-refractivity contribution < 1.29 is 19.9 Å². The molecule has 1 amide bonds. The Balaban J connectivity index is 1.68. The van der Waals surface area contributed by atoms with Gasteiger partial charge in [0.2, 0.25) is 5.91 Å². The molecule has 7 nitrogen and oxygen atoms in total. The van der Waals surface area contributed by atoms with Crippen LogP contribution in [0.15, 0.2) is 78.0 Å². The van der Waals surface area contributed by atoms with Gasteiger partial charge >= 0.3 is 5.97 Å². The van der Waals surface area contributed by atoms with Crippen molar-refractivity contribution in [1.82, 2.24) is 4.90 Å². The number of nitrogens with zero attached hydrogens (tertiary/aromatic N) is 2. The molecule has 1 aliphatic carbocycles. The molecule has 0 aromatic heterocycles. The maximum absolute atomic E-state index is 13.3. The molecule has 0 unspecified atom stereocenters. The average molecular weight is 528 g/mol. The molecule has 0 atom stereocenters. The molecule has 1 saturated carbocycles. The molecule has 1 fully saturated rings. The summed E-state index contributed by atoms with van der Waals surface area (Å²) in [6, 6.07) is 23.5. The Hall–Kier alpha value is -4.13. The van der Waals surface area contributed by atoms with Crippen LogP contribution in [-0.4, -0.2) is 38.5 Å². The Morgan fingerprint density at radius 3 is 2.21 bits per heavy atom. The van der Waals surface area contributed by atoms with Gasteiger partial charge in [-0.3, -0.25) is 4.79 Å². The number of carbonyl (C=O) groups is 2. The number of hydrogen-bond acceptors (Lipinski definition) is 4. The number of oxime groups is 1. The Kier molecular flexibility index (Phi) is 9.02. The van der Waals surface area contributed by atoms with Gasteiger partial charge < -0.3 is 20.9 Å². The second-order valence-electron chi connectivity index (χ2n) is 10.3. The summed E-state index contributed by atoms with van der Waals surface area (Å²) in [6.45, 7) is 2.27. The van der Waals surface area contributed by atoms with Crippen LogP contribution in [0.1, 0.15) is 69.4 Å². The predicted octanol–water partition coefficient (Wildman–Crippen LogP) is 6.42. The molecular formula is C32H37N3O4. The molecule has 0 saturated heterocycles. The van der Waals surface area contributed by atoms with E-state index in [1.807, 2.05) is 79.7 Å². The zero-order valence-electron chi connectivity index (χ0n) is 22.5. The number of amidine groups is 1. The number of hydrogen-bond donors (Lipinski definition) is 3. The second kappa shape index (κ2) is 12.6. The lowest BCUT2D eigenvalue weighted by Gasteiger charge is -2.43. The second-order valence-corrected chi connectivity index (χ2v) is 10.3. The number of aliphatic carboxylic acids is 1. The Morgan fingerprint density at radius 1 is 0.923 bits per heavy atom. The van der Waals surface area contributed by atoms with Crippen molar-refractivity contribution in [2.75, 3.05) is 0 Å². The number of nitrogens with two attached hydrogens (primary N) is 1. The molecule has 0 spiro atoms. The molecule has 3 aromatic rings. The average Bonchev–Trinajstić information content (AvgIpc) is 2.99. The zero-order chi connectivity index (χ0) is 27.8. The fraction of sp³-hybridized carbons (Fsp3) is 0.344. The quantitative estimate of drug-likeness (QED) is 0.122. The minimum atomic E-state index is -1.16. The molecule has 7 heteroatoms. The van der Waals surface area contributed by atoms with Crippen LogP contribution in [0.2, 0.25) is 0 Å². The van der Waals surface area contributed by atoms with Gasteiger partial charge in [0.15, 0.2) is 5.84 Å². The number of carbonyl (C=O) groups excluding carboxylic acids is 1. The van der Waals surface area contributed by atoms with E-state index in [1.165, 1.54) is 0 Å². The molecule has 39 heavy (non-hydrogen) atoms. The van der Waals surface area contributed by atoms with Crippen molar-refractivity contribution in [1.29, 1.82) is 0 Å². The minimum Gasteiger partial charge on any atom is -0.479 e. The molecule has 4 N–H and O–H groups in total. The maximum Gasteiger partial charge on any atom is 0.329 e. The first-order valence-corrected chi connectivity index (χ1v) is 13.7. The summed E-state index contributed by atoms with van der Waals surface area (Å²) in [5.74, 6) is -0.998. The smallest absolute Gasteiger partial charge is 0.329 e. The number of carboxylic acids is 1. The van der Waals surface area contributed by atoms with E-state index in [4.69, 9.17) is 5.73 Å². The molecule has 0 radical (unpaired) electrons. The summed E-state index contributed by atoms with van der Waals surface area (Å²) >= 11 is 0. The lowest BCUT2D eigenvalue weighted by Crippen LogP contribution is -2.57. The molecular weight excluding hydrogens is 490 g/mol. The van der Waals surface area contributed by atoms with Gasteiger partial charge in [0.25, 0.3) is 0 Å². The Labute approximate surface area is 230 Å². The van der Waals surface area contributed by atoms with Gasteiger partial charge in [-0.15, -0.1) is 0 Å². The topological polar surface area (TPSA) is 116 Å². The third kappa shape index (κ3) is 6.14. The van der Waals surface area contributed by atoms with Crippen LogP contribution in [0.5, 0.6) is 0 Å². The standard InChI is InChI=1S/C32H37N3O4/c1-2-3-12-29(36)35(32(31(37)38)19-8-5-9-20-32)22-23-13-15-25(16-14-23)28-21-26(24-10-6-4-7-11-24)17-18-27(28)30(33)34-39/h4,6-7,10-11,13-18,21,39H,2-3,5,8-9,12,19-20,22H2,1H3,(H2,33,34)(H,37,38). The van der Waals surface area contributed by atoms with Crippen molar-refractivity contribution in [2.45, 2.75) is 70.4 Å². The van der Waals surface area contributed by atoms with Gasteiger partial charge in [0.05, 0.1) is 0 Å². The first-order valence-electron chi connectivity index (χ1n) is 13.7. The van der Waals surface area contributed by atoms with Crippen LogP contribution in [0, 0.1) is 0 Å².